The highest BCUT2D eigenvalue weighted by Gasteiger charge is 2.12. The first-order valence-corrected chi connectivity index (χ1v) is 5.47. The first-order chi connectivity index (χ1) is 9.02. The zero-order chi connectivity index (χ0) is 14.0. The third-order valence-corrected chi connectivity index (χ3v) is 2.73. The van der Waals surface area contributed by atoms with Gasteiger partial charge >= 0.3 is 0 Å². The first-order valence-electron chi connectivity index (χ1n) is 5.47. The second-order valence-electron chi connectivity index (χ2n) is 4.06. The number of ether oxygens (including phenoxy) is 1. The fourth-order valence-corrected chi connectivity index (χ4v) is 1.79. The SMILES string of the molecule is Cc1cc2c(COC=O)cc(C(N)=O)nc2cc1F. The Kier molecular flexibility index (Phi) is 3.41. The van der Waals surface area contributed by atoms with Gasteiger partial charge in [0.05, 0.1) is 5.52 Å². The lowest BCUT2D eigenvalue weighted by Crippen LogP contribution is -2.14. The lowest BCUT2D eigenvalue weighted by Gasteiger charge is -2.08. The Hall–Kier alpha value is -2.50. The molecule has 2 N–H and O–H groups in total. The van der Waals surface area contributed by atoms with Crippen LogP contribution in [0.1, 0.15) is 21.6 Å². The van der Waals surface area contributed by atoms with Crippen LogP contribution in [-0.2, 0) is 16.1 Å². The number of aryl methyl sites for hydroxylation is 1. The molecule has 6 heteroatoms. The summed E-state index contributed by atoms with van der Waals surface area (Å²) in [5.74, 6) is -1.15. The van der Waals surface area contributed by atoms with Gasteiger partial charge in [0.2, 0.25) is 0 Å². The summed E-state index contributed by atoms with van der Waals surface area (Å²) in [5, 5.41) is 0.616. The van der Waals surface area contributed by atoms with Crippen LogP contribution in [0.3, 0.4) is 0 Å². The van der Waals surface area contributed by atoms with E-state index in [0.29, 0.717) is 28.5 Å². The van der Waals surface area contributed by atoms with E-state index in [1.807, 2.05) is 0 Å². The molecule has 1 aromatic heterocycles. The molecule has 5 nitrogen and oxygen atoms in total. The molecule has 0 unspecified atom stereocenters. The molecule has 0 aliphatic rings. The van der Waals surface area contributed by atoms with E-state index in [9.17, 15) is 14.0 Å². The molecule has 2 aromatic rings. The number of halogens is 1. The van der Waals surface area contributed by atoms with Crippen molar-refractivity contribution in [2.24, 2.45) is 5.73 Å². The maximum absolute atomic E-state index is 13.5. The highest BCUT2D eigenvalue weighted by Crippen LogP contribution is 2.22. The van der Waals surface area contributed by atoms with Crippen LogP contribution in [0.15, 0.2) is 18.2 Å². The van der Waals surface area contributed by atoms with Crippen molar-refractivity contribution in [2.75, 3.05) is 0 Å². The van der Waals surface area contributed by atoms with Gasteiger partial charge in [-0.2, -0.15) is 0 Å². The van der Waals surface area contributed by atoms with Crippen LogP contribution in [0.25, 0.3) is 10.9 Å². The number of benzene rings is 1. The van der Waals surface area contributed by atoms with Gasteiger partial charge in [0.1, 0.15) is 18.1 Å². The summed E-state index contributed by atoms with van der Waals surface area (Å²) in [6, 6.07) is 4.25. The van der Waals surface area contributed by atoms with Crippen molar-refractivity contribution in [3.8, 4) is 0 Å². The summed E-state index contributed by atoms with van der Waals surface area (Å²) in [4.78, 5) is 25.4. The van der Waals surface area contributed by atoms with Gasteiger partial charge in [-0.1, -0.05) is 0 Å². The maximum atomic E-state index is 13.5. The molecular weight excluding hydrogens is 251 g/mol. The minimum atomic E-state index is -0.727. The molecule has 1 heterocycles. The smallest absolute Gasteiger partial charge is 0.293 e. The van der Waals surface area contributed by atoms with Crippen molar-refractivity contribution < 1.29 is 18.7 Å². The van der Waals surface area contributed by atoms with E-state index in [2.05, 4.69) is 9.72 Å². The number of hydrogen-bond donors (Lipinski definition) is 1. The van der Waals surface area contributed by atoms with E-state index >= 15 is 0 Å². The number of carbonyl (C=O) groups excluding carboxylic acids is 2. The van der Waals surface area contributed by atoms with Crippen LogP contribution in [0.4, 0.5) is 4.39 Å². The number of hydrogen-bond acceptors (Lipinski definition) is 4. The highest BCUT2D eigenvalue weighted by atomic mass is 19.1. The molecule has 1 amide bonds. The number of aromatic nitrogens is 1. The third-order valence-electron chi connectivity index (χ3n) is 2.73. The molecule has 0 aliphatic carbocycles. The van der Waals surface area contributed by atoms with Crippen molar-refractivity contribution in [2.45, 2.75) is 13.5 Å². The van der Waals surface area contributed by atoms with Crippen LogP contribution < -0.4 is 5.73 Å². The zero-order valence-corrected chi connectivity index (χ0v) is 10.1. The van der Waals surface area contributed by atoms with E-state index < -0.39 is 11.7 Å². The summed E-state index contributed by atoms with van der Waals surface area (Å²) >= 11 is 0. The predicted molar refractivity (Wildman–Crippen MR) is 65.8 cm³/mol. The fourth-order valence-electron chi connectivity index (χ4n) is 1.79. The topological polar surface area (TPSA) is 82.3 Å². The van der Waals surface area contributed by atoms with Gasteiger partial charge in [-0.25, -0.2) is 9.37 Å². The number of primary amides is 1. The minimum absolute atomic E-state index is 0.000233. The maximum Gasteiger partial charge on any atom is 0.293 e. The Morgan fingerprint density at radius 1 is 1.47 bits per heavy atom. The average Bonchev–Trinajstić information content (AvgIpc) is 2.37. The van der Waals surface area contributed by atoms with Gasteiger partial charge < -0.3 is 10.5 Å². The second kappa shape index (κ2) is 5.01. The molecule has 0 saturated carbocycles. The van der Waals surface area contributed by atoms with Crippen molar-refractivity contribution in [3.63, 3.8) is 0 Å². The molecule has 0 aliphatic heterocycles. The lowest BCUT2D eigenvalue weighted by molar-refractivity contribution is -0.129. The van der Waals surface area contributed by atoms with Crippen molar-refractivity contribution in [1.29, 1.82) is 0 Å². The predicted octanol–water partition coefficient (Wildman–Crippen LogP) is 1.45. The lowest BCUT2D eigenvalue weighted by atomic mass is 10.0. The summed E-state index contributed by atoms with van der Waals surface area (Å²) in [6.07, 6.45) is 0. The zero-order valence-electron chi connectivity index (χ0n) is 10.1. The van der Waals surface area contributed by atoms with E-state index in [1.54, 1.807) is 13.0 Å². The van der Waals surface area contributed by atoms with Crippen molar-refractivity contribution in [3.05, 3.63) is 40.8 Å². The molecule has 0 bridgehead atoms. The van der Waals surface area contributed by atoms with Gasteiger partial charge in [0.15, 0.2) is 0 Å². The van der Waals surface area contributed by atoms with Crippen LogP contribution in [0.5, 0.6) is 0 Å². The van der Waals surface area contributed by atoms with Crippen LogP contribution in [0, 0.1) is 12.7 Å². The number of pyridine rings is 1. The monoisotopic (exact) mass is 262 g/mol. The van der Waals surface area contributed by atoms with Gasteiger partial charge in [0, 0.05) is 17.0 Å². The van der Waals surface area contributed by atoms with E-state index in [0.717, 1.165) is 0 Å². The number of rotatable bonds is 4. The average molecular weight is 262 g/mol. The molecule has 0 radical (unpaired) electrons. The standard InChI is InChI=1S/C13H11FN2O3/c1-7-2-9-8(5-19-6-17)3-12(13(15)18)16-11(9)4-10(7)14/h2-4,6H,5H2,1H3,(H2,15,18). The number of carbonyl (C=O) groups is 2. The molecule has 0 saturated heterocycles. The summed E-state index contributed by atoms with van der Waals surface area (Å²) in [6.45, 7) is 1.88. The van der Waals surface area contributed by atoms with Crippen LogP contribution >= 0.6 is 0 Å². The van der Waals surface area contributed by atoms with Gasteiger partial charge in [0.25, 0.3) is 12.4 Å². The number of fused-ring (bicyclic) bond motifs is 1. The summed E-state index contributed by atoms with van der Waals surface area (Å²) in [7, 11) is 0. The quantitative estimate of drug-likeness (QED) is 0.845. The molecule has 98 valence electrons. The largest absolute Gasteiger partial charge is 0.463 e. The summed E-state index contributed by atoms with van der Waals surface area (Å²) in [5.41, 5.74) is 6.45. The molecule has 0 fully saturated rings. The molecule has 1 aromatic carbocycles. The number of nitrogens with two attached hydrogens (primary N) is 1. The van der Waals surface area contributed by atoms with Gasteiger partial charge in [-0.3, -0.25) is 9.59 Å². The Bertz CT molecular complexity index is 670. The number of amides is 1. The molecule has 0 spiro atoms. The Morgan fingerprint density at radius 2 is 2.21 bits per heavy atom. The van der Waals surface area contributed by atoms with Crippen molar-refractivity contribution >= 4 is 23.3 Å². The Morgan fingerprint density at radius 3 is 2.84 bits per heavy atom. The number of nitrogens with zero attached hydrogens (tertiary/aromatic N) is 1. The highest BCUT2D eigenvalue weighted by molar-refractivity contribution is 5.95. The fraction of sp³-hybridized carbons (Fsp3) is 0.154. The molecular formula is C13H11FN2O3. The Labute approximate surface area is 108 Å². The van der Waals surface area contributed by atoms with E-state index in [-0.39, 0.29) is 12.3 Å². The van der Waals surface area contributed by atoms with Gasteiger partial charge in [-0.15, -0.1) is 0 Å². The second-order valence-corrected chi connectivity index (χ2v) is 4.06. The third kappa shape index (κ3) is 2.52. The Balaban J connectivity index is 2.70. The molecule has 19 heavy (non-hydrogen) atoms. The van der Waals surface area contributed by atoms with E-state index in [4.69, 9.17) is 5.73 Å². The minimum Gasteiger partial charge on any atom is -0.463 e. The molecule has 0 atom stereocenters. The van der Waals surface area contributed by atoms with Crippen LogP contribution in [-0.4, -0.2) is 17.4 Å². The van der Waals surface area contributed by atoms with Crippen LogP contribution in [0.2, 0.25) is 0 Å². The van der Waals surface area contributed by atoms with E-state index in [1.165, 1.54) is 12.1 Å². The van der Waals surface area contributed by atoms with Crippen molar-refractivity contribution in [1.82, 2.24) is 4.98 Å². The van der Waals surface area contributed by atoms with Gasteiger partial charge in [-0.05, 0) is 24.6 Å². The first kappa shape index (κ1) is 12.9. The normalized spacial score (nSPS) is 10.4. The molecule has 2 rings (SSSR count). The summed E-state index contributed by atoms with van der Waals surface area (Å²) < 4.78 is 18.2.